The van der Waals surface area contributed by atoms with Gasteiger partial charge in [-0.05, 0) is 48.1 Å². The molecule has 0 saturated carbocycles. The van der Waals surface area contributed by atoms with Crippen molar-refractivity contribution in [1.82, 2.24) is 0 Å². The van der Waals surface area contributed by atoms with E-state index < -0.39 is 9.05 Å². The number of ether oxygens (including phenoxy) is 1. The highest BCUT2D eigenvalue weighted by atomic mass is 35.7. The predicted octanol–water partition coefficient (Wildman–Crippen LogP) is 4.39. The van der Waals surface area contributed by atoms with Gasteiger partial charge in [0.05, 0.1) is 4.90 Å². The summed E-state index contributed by atoms with van der Waals surface area (Å²) in [5.41, 5.74) is 2.41. The minimum atomic E-state index is -3.75. The van der Waals surface area contributed by atoms with Crippen molar-refractivity contribution in [3.63, 3.8) is 0 Å². The normalized spacial score (nSPS) is 11.7. The molecule has 0 aliphatic carbocycles. The highest BCUT2D eigenvalue weighted by Gasteiger charge is 2.20. The molecule has 112 valence electrons. The molecule has 0 aromatic heterocycles. The second-order valence-electron chi connectivity index (χ2n) is 5.14. The van der Waals surface area contributed by atoms with Crippen molar-refractivity contribution in [3.05, 3.63) is 35.4 Å². The molecule has 0 heterocycles. The summed E-state index contributed by atoms with van der Waals surface area (Å²) in [7, 11) is 1.74. The van der Waals surface area contributed by atoms with E-state index in [-0.39, 0.29) is 10.8 Å². The molecule has 20 heavy (non-hydrogen) atoms. The molecule has 0 saturated heterocycles. The van der Waals surface area contributed by atoms with Gasteiger partial charge < -0.3 is 4.74 Å². The standard InChI is InChI=1S/C15H21ClO3S/c1-6-11(4)9-19-14-8-13(10(2)3)15(7-12(14)5)20(16,17)18/h7-8,10H,4,6,9H2,1-3,5H3. The van der Waals surface area contributed by atoms with Gasteiger partial charge in [0.1, 0.15) is 12.4 Å². The zero-order chi connectivity index (χ0) is 15.5. The molecule has 0 aliphatic rings. The van der Waals surface area contributed by atoms with Crippen LogP contribution in [-0.4, -0.2) is 15.0 Å². The third-order valence-electron chi connectivity index (χ3n) is 3.12. The number of hydrogen-bond donors (Lipinski definition) is 0. The third-order valence-corrected chi connectivity index (χ3v) is 4.50. The van der Waals surface area contributed by atoms with Crippen molar-refractivity contribution >= 4 is 19.7 Å². The Morgan fingerprint density at radius 1 is 1.40 bits per heavy atom. The summed E-state index contributed by atoms with van der Waals surface area (Å²) in [6.07, 6.45) is 0.851. The number of halogens is 1. The molecule has 0 N–H and O–H groups in total. The molecule has 0 amide bonds. The van der Waals surface area contributed by atoms with E-state index in [9.17, 15) is 8.42 Å². The summed E-state index contributed by atoms with van der Waals surface area (Å²) >= 11 is 0. The Morgan fingerprint density at radius 2 is 2.00 bits per heavy atom. The Labute approximate surface area is 126 Å². The highest BCUT2D eigenvalue weighted by Crippen LogP contribution is 2.33. The first-order valence-corrected chi connectivity index (χ1v) is 8.86. The largest absolute Gasteiger partial charge is 0.489 e. The summed E-state index contributed by atoms with van der Waals surface area (Å²) in [5, 5.41) is 0. The lowest BCUT2D eigenvalue weighted by Crippen LogP contribution is -2.05. The van der Waals surface area contributed by atoms with Gasteiger partial charge in [0.15, 0.2) is 0 Å². The maximum atomic E-state index is 11.6. The Balaban J connectivity index is 3.24. The Kier molecular flexibility index (Phi) is 5.66. The molecule has 0 fully saturated rings. The van der Waals surface area contributed by atoms with Crippen LogP contribution >= 0.6 is 10.7 Å². The van der Waals surface area contributed by atoms with E-state index in [1.165, 1.54) is 0 Å². The lowest BCUT2D eigenvalue weighted by atomic mass is 10.0. The van der Waals surface area contributed by atoms with Crippen LogP contribution in [0.5, 0.6) is 5.75 Å². The van der Waals surface area contributed by atoms with Gasteiger partial charge >= 0.3 is 0 Å². The highest BCUT2D eigenvalue weighted by molar-refractivity contribution is 8.13. The maximum absolute atomic E-state index is 11.6. The monoisotopic (exact) mass is 316 g/mol. The van der Waals surface area contributed by atoms with Crippen molar-refractivity contribution in [2.75, 3.05) is 6.61 Å². The van der Waals surface area contributed by atoms with Crippen molar-refractivity contribution in [1.29, 1.82) is 0 Å². The van der Waals surface area contributed by atoms with Crippen LogP contribution in [0.4, 0.5) is 0 Å². The molecule has 0 unspecified atom stereocenters. The lowest BCUT2D eigenvalue weighted by molar-refractivity contribution is 0.346. The number of hydrogen-bond acceptors (Lipinski definition) is 3. The molecule has 0 atom stereocenters. The third kappa shape index (κ3) is 4.25. The van der Waals surface area contributed by atoms with E-state index in [0.29, 0.717) is 17.9 Å². The SMILES string of the molecule is C=C(CC)COc1cc(C(C)C)c(S(=O)(=O)Cl)cc1C. The first-order chi connectivity index (χ1) is 9.16. The van der Waals surface area contributed by atoms with Gasteiger partial charge in [-0.2, -0.15) is 0 Å². The van der Waals surface area contributed by atoms with Crippen molar-refractivity contribution in [2.24, 2.45) is 0 Å². The van der Waals surface area contributed by atoms with Crippen LogP contribution < -0.4 is 4.74 Å². The molecule has 1 aromatic carbocycles. The molecule has 0 spiro atoms. The summed E-state index contributed by atoms with van der Waals surface area (Å²) < 4.78 is 29.0. The van der Waals surface area contributed by atoms with Crippen LogP contribution in [-0.2, 0) is 9.05 Å². The summed E-state index contributed by atoms with van der Waals surface area (Å²) in [6, 6.07) is 3.33. The lowest BCUT2D eigenvalue weighted by Gasteiger charge is -2.16. The van der Waals surface area contributed by atoms with Crippen LogP contribution in [0.25, 0.3) is 0 Å². The fourth-order valence-corrected chi connectivity index (χ4v) is 3.07. The number of benzene rings is 1. The van der Waals surface area contributed by atoms with Gasteiger partial charge in [-0.15, -0.1) is 0 Å². The van der Waals surface area contributed by atoms with E-state index in [4.69, 9.17) is 15.4 Å². The van der Waals surface area contributed by atoms with Crippen molar-refractivity contribution < 1.29 is 13.2 Å². The van der Waals surface area contributed by atoms with Crippen molar-refractivity contribution in [3.8, 4) is 5.75 Å². The molecule has 1 aromatic rings. The first-order valence-electron chi connectivity index (χ1n) is 6.55. The molecular formula is C15H21ClO3S. The van der Waals surface area contributed by atoms with Crippen LogP contribution in [0.1, 0.15) is 44.2 Å². The summed E-state index contributed by atoms with van der Waals surface area (Å²) in [6.45, 7) is 12.0. The second kappa shape index (κ2) is 6.64. The van der Waals surface area contributed by atoms with E-state index in [0.717, 1.165) is 17.6 Å². The van der Waals surface area contributed by atoms with E-state index in [1.54, 1.807) is 19.1 Å². The molecule has 1 rings (SSSR count). The first kappa shape index (κ1) is 17.1. The van der Waals surface area contributed by atoms with Crippen LogP contribution in [0.15, 0.2) is 29.2 Å². The topological polar surface area (TPSA) is 43.4 Å². The molecule has 0 radical (unpaired) electrons. The van der Waals surface area contributed by atoms with Crippen molar-refractivity contribution in [2.45, 2.75) is 44.9 Å². The van der Waals surface area contributed by atoms with Gasteiger partial charge in [0.2, 0.25) is 0 Å². The molecule has 5 heteroatoms. The van der Waals surface area contributed by atoms with Crippen LogP contribution in [0.2, 0.25) is 0 Å². The smallest absolute Gasteiger partial charge is 0.261 e. The van der Waals surface area contributed by atoms with Crippen LogP contribution in [0.3, 0.4) is 0 Å². The van der Waals surface area contributed by atoms with Crippen LogP contribution in [0, 0.1) is 6.92 Å². The van der Waals surface area contributed by atoms with E-state index in [2.05, 4.69) is 6.58 Å². The maximum Gasteiger partial charge on any atom is 0.261 e. The van der Waals surface area contributed by atoms with E-state index >= 15 is 0 Å². The minimum absolute atomic E-state index is 0.0378. The van der Waals surface area contributed by atoms with Gasteiger partial charge in [0, 0.05) is 10.7 Å². The molecule has 0 bridgehead atoms. The average molecular weight is 317 g/mol. The fourth-order valence-electron chi connectivity index (χ4n) is 1.78. The quantitative estimate of drug-likeness (QED) is 0.577. The number of aryl methyl sites for hydroxylation is 1. The summed E-state index contributed by atoms with van der Waals surface area (Å²) in [5.74, 6) is 0.711. The molecule has 0 aliphatic heterocycles. The van der Waals surface area contributed by atoms with Gasteiger partial charge in [0.25, 0.3) is 9.05 Å². The Hall–Kier alpha value is -1.00. The predicted molar refractivity (Wildman–Crippen MR) is 83.2 cm³/mol. The molecular weight excluding hydrogens is 296 g/mol. The number of rotatable bonds is 6. The Morgan fingerprint density at radius 3 is 2.45 bits per heavy atom. The zero-order valence-corrected chi connectivity index (χ0v) is 13.9. The average Bonchev–Trinajstić information content (AvgIpc) is 2.35. The molecule has 3 nitrogen and oxygen atoms in total. The minimum Gasteiger partial charge on any atom is -0.489 e. The second-order valence-corrected chi connectivity index (χ2v) is 7.67. The van der Waals surface area contributed by atoms with E-state index in [1.807, 2.05) is 20.8 Å². The zero-order valence-electron chi connectivity index (χ0n) is 12.4. The fraction of sp³-hybridized carbons (Fsp3) is 0.467. The van der Waals surface area contributed by atoms with Gasteiger partial charge in [-0.1, -0.05) is 27.4 Å². The summed E-state index contributed by atoms with van der Waals surface area (Å²) in [4.78, 5) is 0.160. The van der Waals surface area contributed by atoms with Gasteiger partial charge in [-0.25, -0.2) is 8.42 Å². The Bertz CT molecular complexity index is 604. The van der Waals surface area contributed by atoms with Gasteiger partial charge in [-0.3, -0.25) is 0 Å².